The summed E-state index contributed by atoms with van der Waals surface area (Å²) in [4.78, 5) is 16.2. The van der Waals surface area contributed by atoms with Gasteiger partial charge in [-0.2, -0.15) is 0 Å². The lowest BCUT2D eigenvalue weighted by Gasteiger charge is -2.13. The SMILES string of the molecule is CCc1nc(C(C)NC(=O)NCc2cc(F)cc(F)c2)cs1. The number of aryl methyl sites for hydroxylation is 1. The van der Waals surface area contributed by atoms with Crippen molar-refractivity contribution in [3.63, 3.8) is 0 Å². The fourth-order valence-corrected chi connectivity index (χ4v) is 2.74. The zero-order chi connectivity index (χ0) is 16.1. The molecule has 1 atom stereocenters. The van der Waals surface area contributed by atoms with Crippen LogP contribution in [0.2, 0.25) is 0 Å². The van der Waals surface area contributed by atoms with Gasteiger partial charge < -0.3 is 10.6 Å². The number of thiazole rings is 1. The van der Waals surface area contributed by atoms with E-state index in [1.807, 2.05) is 19.2 Å². The molecule has 2 rings (SSSR count). The Kier molecular flexibility index (Phi) is 5.43. The maximum Gasteiger partial charge on any atom is 0.315 e. The number of hydrogen-bond acceptors (Lipinski definition) is 3. The zero-order valence-corrected chi connectivity index (χ0v) is 13.1. The van der Waals surface area contributed by atoms with E-state index in [4.69, 9.17) is 0 Å². The zero-order valence-electron chi connectivity index (χ0n) is 12.3. The van der Waals surface area contributed by atoms with Gasteiger partial charge in [-0.25, -0.2) is 18.6 Å². The van der Waals surface area contributed by atoms with Crippen LogP contribution < -0.4 is 10.6 Å². The lowest BCUT2D eigenvalue weighted by Crippen LogP contribution is -2.36. The van der Waals surface area contributed by atoms with Crippen molar-refractivity contribution in [2.24, 2.45) is 0 Å². The van der Waals surface area contributed by atoms with E-state index in [9.17, 15) is 13.6 Å². The molecule has 0 bridgehead atoms. The Morgan fingerprint density at radius 2 is 2.00 bits per heavy atom. The van der Waals surface area contributed by atoms with Gasteiger partial charge in [0.15, 0.2) is 0 Å². The quantitative estimate of drug-likeness (QED) is 0.883. The van der Waals surface area contributed by atoms with Gasteiger partial charge in [-0.05, 0) is 31.0 Å². The number of hydrogen-bond donors (Lipinski definition) is 2. The van der Waals surface area contributed by atoms with Crippen LogP contribution in [0.1, 0.15) is 36.2 Å². The number of halogens is 2. The average Bonchev–Trinajstić information content (AvgIpc) is 2.93. The first-order valence-corrected chi connectivity index (χ1v) is 7.79. The van der Waals surface area contributed by atoms with E-state index in [-0.39, 0.29) is 12.6 Å². The summed E-state index contributed by atoms with van der Waals surface area (Å²) in [5.74, 6) is -1.33. The molecule has 22 heavy (non-hydrogen) atoms. The molecule has 4 nitrogen and oxygen atoms in total. The molecule has 0 aliphatic heterocycles. The number of aromatic nitrogens is 1. The number of nitrogens with one attached hydrogen (secondary N) is 2. The summed E-state index contributed by atoms with van der Waals surface area (Å²) < 4.78 is 26.1. The molecule has 1 aromatic carbocycles. The van der Waals surface area contributed by atoms with Crippen LogP contribution in [0.25, 0.3) is 0 Å². The van der Waals surface area contributed by atoms with Crippen molar-refractivity contribution >= 4 is 17.4 Å². The van der Waals surface area contributed by atoms with Gasteiger partial charge >= 0.3 is 6.03 Å². The van der Waals surface area contributed by atoms with E-state index in [2.05, 4.69) is 15.6 Å². The third-order valence-electron chi connectivity index (χ3n) is 3.04. The highest BCUT2D eigenvalue weighted by Gasteiger charge is 2.12. The molecule has 0 saturated carbocycles. The van der Waals surface area contributed by atoms with Crippen LogP contribution in [0.3, 0.4) is 0 Å². The van der Waals surface area contributed by atoms with Crippen LogP contribution in [0, 0.1) is 11.6 Å². The van der Waals surface area contributed by atoms with Gasteiger partial charge in [-0.1, -0.05) is 6.92 Å². The Bertz CT molecular complexity index is 640. The van der Waals surface area contributed by atoms with E-state index in [0.29, 0.717) is 5.56 Å². The number of rotatable bonds is 5. The van der Waals surface area contributed by atoms with Crippen LogP contribution >= 0.6 is 11.3 Å². The number of carbonyl (C=O) groups excluding carboxylic acids is 1. The van der Waals surface area contributed by atoms with Crippen molar-refractivity contribution in [2.75, 3.05) is 0 Å². The van der Waals surface area contributed by atoms with Gasteiger partial charge in [0.05, 0.1) is 16.7 Å². The number of amides is 2. The van der Waals surface area contributed by atoms with Gasteiger partial charge in [0.1, 0.15) is 11.6 Å². The molecule has 0 radical (unpaired) electrons. The van der Waals surface area contributed by atoms with E-state index in [1.165, 1.54) is 12.1 Å². The molecule has 2 N–H and O–H groups in total. The molecule has 1 heterocycles. The lowest BCUT2D eigenvalue weighted by molar-refractivity contribution is 0.237. The van der Waals surface area contributed by atoms with Gasteiger partial charge in [-0.15, -0.1) is 11.3 Å². The summed E-state index contributed by atoms with van der Waals surface area (Å²) in [7, 11) is 0. The molecular formula is C15H17F2N3OS. The van der Waals surface area contributed by atoms with Crippen LogP contribution in [-0.2, 0) is 13.0 Å². The smallest absolute Gasteiger partial charge is 0.315 e. The van der Waals surface area contributed by atoms with Crippen LogP contribution in [0.5, 0.6) is 0 Å². The molecule has 1 aromatic heterocycles. The Morgan fingerprint density at radius 1 is 1.32 bits per heavy atom. The van der Waals surface area contributed by atoms with Crippen LogP contribution in [-0.4, -0.2) is 11.0 Å². The summed E-state index contributed by atoms with van der Waals surface area (Å²) >= 11 is 1.55. The molecule has 0 spiro atoms. The molecule has 1 unspecified atom stereocenters. The molecule has 0 fully saturated rings. The van der Waals surface area contributed by atoms with Gasteiger partial charge in [0.2, 0.25) is 0 Å². The molecule has 2 aromatic rings. The van der Waals surface area contributed by atoms with Crippen molar-refractivity contribution in [2.45, 2.75) is 32.9 Å². The summed E-state index contributed by atoms with van der Waals surface area (Å²) in [5.41, 5.74) is 1.16. The number of benzene rings is 1. The predicted octanol–water partition coefficient (Wildman–Crippen LogP) is 3.54. The van der Waals surface area contributed by atoms with Crippen LogP contribution in [0.4, 0.5) is 13.6 Å². The highest BCUT2D eigenvalue weighted by molar-refractivity contribution is 7.09. The second kappa shape index (κ2) is 7.31. The van der Waals surface area contributed by atoms with Gasteiger partial charge in [0, 0.05) is 18.0 Å². The lowest BCUT2D eigenvalue weighted by atomic mass is 10.2. The summed E-state index contributed by atoms with van der Waals surface area (Å²) in [6.07, 6.45) is 0.856. The third-order valence-corrected chi connectivity index (χ3v) is 4.05. The minimum absolute atomic E-state index is 0.0461. The fraction of sp³-hybridized carbons (Fsp3) is 0.333. The maximum atomic E-state index is 13.0. The van der Waals surface area contributed by atoms with Crippen LogP contribution in [0.15, 0.2) is 23.6 Å². The molecule has 0 aliphatic carbocycles. The topological polar surface area (TPSA) is 54.0 Å². The largest absolute Gasteiger partial charge is 0.334 e. The predicted molar refractivity (Wildman–Crippen MR) is 81.6 cm³/mol. The standard InChI is InChI=1S/C15H17F2N3OS/c1-3-14-20-13(8-22-14)9(2)19-15(21)18-7-10-4-11(16)6-12(17)5-10/h4-6,8-9H,3,7H2,1-2H3,(H2,18,19,21). The normalized spacial score (nSPS) is 12.0. The number of nitrogens with zero attached hydrogens (tertiary/aromatic N) is 1. The molecule has 0 aliphatic rings. The highest BCUT2D eigenvalue weighted by Crippen LogP contribution is 2.16. The summed E-state index contributed by atoms with van der Waals surface area (Å²) in [6, 6.07) is 2.50. The Balaban J connectivity index is 1.87. The van der Waals surface area contributed by atoms with E-state index < -0.39 is 17.7 Å². The van der Waals surface area contributed by atoms with Crippen molar-refractivity contribution in [1.82, 2.24) is 15.6 Å². The second-order valence-corrected chi connectivity index (χ2v) is 5.79. The van der Waals surface area contributed by atoms with Crippen molar-refractivity contribution in [3.05, 3.63) is 51.5 Å². The van der Waals surface area contributed by atoms with Gasteiger partial charge in [0.25, 0.3) is 0 Å². The van der Waals surface area contributed by atoms with Crippen molar-refractivity contribution in [1.29, 1.82) is 0 Å². The minimum Gasteiger partial charge on any atom is -0.334 e. The summed E-state index contributed by atoms with van der Waals surface area (Å²) in [6.45, 7) is 3.89. The monoisotopic (exact) mass is 325 g/mol. The van der Waals surface area contributed by atoms with Crippen molar-refractivity contribution < 1.29 is 13.6 Å². The van der Waals surface area contributed by atoms with Gasteiger partial charge in [-0.3, -0.25) is 0 Å². The molecule has 7 heteroatoms. The molecule has 0 saturated heterocycles. The molecule has 2 amide bonds. The number of urea groups is 1. The van der Waals surface area contributed by atoms with E-state index in [0.717, 1.165) is 23.2 Å². The first-order chi connectivity index (χ1) is 10.5. The average molecular weight is 325 g/mol. The Morgan fingerprint density at radius 3 is 2.59 bits per heavy atom. The minimum atomic E-state index is -0.667. The third kappa shape index (κ3) is 4.49. The first-order valence-electron chi connectivity index (χ1n) is 6.91. The van der Waals surface area contributed by atoms with Crippen molar-refractivity contribution in [3.8, 4) is 0 Å². The van der Waals surface area contributed by atoms with E-state index >= 15 is 0 Å². The highest BCUT2D eigenvalue weighted by atomic mass is 32.1. The Labute approximate surface area is 131 Å². The number of carbonyl (C=O) groups is 1. The first kappa shape index (κ1) is 16.4. The molecular weight excluding hydrogens is 308 g/mol. The Hall–Kier alpha value is -2.02. The van der Waals surface area contributed by atoms with E-state index in [1.54, 1.807) is 11.3 Å². The summed E-state index contributed by atoms with van der Waals surface area (Å²) in [5, 5.41) is 8.23. The fourth-order valence-electron chi connectivity index (χ4n) is 1.90. The molecule has 118 valence electrons. The second-order valence-electron chi connectivity index (χ2n) is 4.85. The maximum absolute atomic E-state index is 13.0.